The summed E-state index contributed by atoms with van der Waals surface area (Å²) in [4.78, 5) is 17.6. The zero-order valence-corrected chi connectivity index (χ0v) is 14.6. The molecular weight excluding hydrogens is 376 g/mol. The molecule has 0 saturated carbocycles. The highest BCUT2D eigenvalue weighted by atomic mass is 79.9. The summed E-state index contributed by atoms with van der Waals surface area (Å²) in [5.41, 5.74) is 1.03. The monoisotopic (exact) mass is 388 g/mol. The number of hydrogen-bond donors (Lipinski definition) is 0. The molecule has 3 aromatic rings. The minimum absolute atomic E-state index is 0.0232. The Hall–Kier alpha value is -1.92. The molecule has 0 bridgehead atoms. The maximum absolute atomic E-state index is 12.4. The van der Waals surface area contributed by atoms with Gasteiger partial charge < -0.3 is 4.42 Å². The van der Waals surface area contributed by atoms with Gasteiger partial charge in [0.05, 0.1) is 4.53 Å². The lowest BCUT2D eigenvalue weighted by atomic mass is 10.2. The molecule has 4 rings (SSSR count). The predicted octanol–water partition coefficient (Wildman–Crippen LogP) is 2.78. The number of halogens is 1. The molecule has 1 aliphatic rings. The number of thiazole rings is 1. The molecule has 4 nitrogen and oxygen atoms in total. The van der Waals surface area contributed by atoms with Crippen LogP contribution in [0, 0.1) is 0 Å². The first-order valence-electron chi connectivity index (χ1n) is 7.32. The normalized spacial score (nSPS) is 14.6. The third-order valence-corrected chi connectivity index (χ3v) is 5.28. The van der Waals surface area contributed by atoms with Gasteiger partial charge in [-0.3, -0.25) is 14.4 Å². The van der Waals surface area contributed by atoms with E-state index in [-0.39, 0.29) is 5.56 Å². The first-order valence-corrected chi connectivity index (χ1v) is 8.93. The van der Waals surface area contributed by atoms with Gasteiger partial charge in [0.1, 0.15) is 11.5 Å². The Morgan fingerprint density at radius 1 is 1.22 bits per heavy atom. The van der Waals surface area contributed by atoms with Gasteiger partial charge in [-0.2, -0.15) is 0 Å². The average molecular weight is 389 g/mol. The van der Waals surface area contributed by atoms with Crippen LogP contribution in [0.1, 0.15) is 12.2 Å². The van der Waals surface area contributed by atoms with Crippen molar-refractivity contribution in [3.63, 3.8) is 0 Å². The Bertz CT molecular complexity index is 1030. The van der Waals surface area contributed by atoms with Crippen molar-refractivity contribution in [1.29, 1.82) is 0 Å². The third-order valence-electron chi connectivity index (χ3n) is 3.70. The molecule has 1 aromatic carbocycles. The van der Waals surface area contributed by atoms with Crippen molar-refractivity contribution >= 4 is 33.3 Å². The van der Waals surface area contributed by atoms with Crippen LogP contribution in [-0.2, 0) is 6.54 Å². The number of hydrogen-bond acceptors (Lipinski definition) is 4. The number of furan rings is 1. The second-order valence-electron chi connectivity index (χ2n) is 5.29. The third kappa shape index (κ3) is 2.84. The van der Waals surface area contributed by atoms with E-state index in [9.17, 15) is 4.79 Å². The van der Waals surface area contributed by atoms with Crippen molar-refractivity contribution in [3.05, 3.63) is 66.3 Å². The van der Waals surface area contributed by atoms with E-state index < -0.39 is 0 Å². The van der Waals surface area contributed by atoms with E-state index >= 15 is 0 Å². The number of nitrogens with zero attached hydrogens (tertiary/aromatic N) is 2. The Kier molecular flexibility index (Phi) is 3.79. The van der Waals surface area contributed by atoms with E-state index in [1.165, 1.54) is 11.3 Å². The molecule has 3 heterocycles. The topological polar surface area (TPSA) is 47.5 Å². The maximum Gasteiger partial charge on any atom is 0.270 e. The van der Waals surface area contributed by atoms with E-state index in [4.69, 9.17) is 4.42 Å². The lowest BCUT2D eigenvalue weighted by Crippen LogP contribution is -2.33. The molecule has 0 unspecified atom stereocenters. The standard InChI is InChI=1S/C17H13BrN2O2S/c18-12-4-2-11(3-5-12)14-7-6-13(22-14)10-15-16(21)20-9-1-8-19-17(20)23-15/h2-7,10H,1,8-9H2/b15-10-. The molecule has 1 aliphatic heterocycles. The maximum atomic E-state index is 12.4. The van der Waals surface area contributed by atoms with Crippen LogP contribution in [0.4, 0.5) is 0 Å². The lowest BCUT2D eigenvalue weighted by molar-refractivity contribution is 0.568. The molecule has 23 heavy (non-hydrogen) atoms. The SMILES string of the molecule is O=c1/c(=C/c2ccc(-c3ccc(Br)cc3)o2)sc2n1CCCN=2. The Morgan fingerprint density at radius 2 is 2.04 bits per heavy atom. The number of fused-ring (bicyclic) bond motifs is 1. The largest absolute Gasteiger partial charge is 0.457 e. The molecule has 6 heteroatoms. The van der Waals surface area contributed by atoms with Crippen LogP contribution in [0.5, 0.6) is 0 Å². The van der Waals surface area contributed by atoms with Crippen LogP contribution in [-0.4, -0.2) is 11.1 Å². The molecule has 0 radical (unpaired) electrons. The van der Waals surface area contributed by atoms with Gasteiger partial charge >= 0.3 is 0 Å². The highest BCUT2D eigenvalue weighted by Gasteiger charge is 2.09. The molecule has 0 saturated heterocycles. The summed E-state index contributed by atoms with van der Waals surface area (Å²) in [6, 6.07) is 11.7. The lowest BCUT2D eigenvalue weighted by Gasteiger charge is -2.03. The van der Waals surface area contributed by atoms with Crippen molar-refractivity contribution in [2.24, 2.45) is 4.99 Å². The summed E-state index contributed by atoms with van der Waals surface area (Å²) in [7, 11) is 0. The second kappa shape index (κ2) is 5.94. The van der Waals surface area contributed by atoms with Gasteiger partial charge in [-0.1, -0.05) is 39.4 Å². The van der Waals surface area contributed by atoms with E-state index in [0.717, 1.165) is 40.1 Å². The van der Waals surface area contributed by atoms with Crippen molar-refractivity contribution in [1.82, 2.24) is 4.57 Å². The van der Waals surface area contributed by atoms with Gasteiger partial charge in [-0.05, 0) is 30.7 Å². The molecule has 116 valence electrons. The summed E-state index contributed by atoms with van der Waals surface area (Å²) in [6.07, 6.45) is 2.73. The quantitative estimate of drug-likeness (QED) is 0.677. The summed E-state index contributed by atoms with van der Waals surface area (Å²) in [5, 5.41) is 0. The molecular formula is C17H13BrN2O2S. The zero-order chi connectivity index (χ0) is 15.8. The minimum Gasteiger partial charge on any atom is -0.457 e. The van der Waals surface area contributed by atoms with Crippen LogP contribution in [0.15, 0.2) is 55.1 Å². The Morgan fingerprint density at radius 3 is 2.83 bits per heavy atom. The first-order chi connectivity index (χ1) is 11.2. The fraction of sp³-hybridized carbons (Fsp3) is 0.176. The summed E-state index contributed by atoms with van der Waals surface area (Å²) >= 11 is 4.85. The number of rotatable bonds is 2. The summed E-state index contributed by atoms with van der Waals surface area (Å²) < 4.78 is 9.30. The second-order valence-corrected chi connectivity index (χ2v) is 7.22. The number of benzene rings is 1. The highest BCUT2D eigenvalue weighted by molar-refractivity contribution is 9.10. The Labute approximate surface area is 144 Å². The highest BCUT2D eigenvalue weighted by Crippen LogP contribution is 2.24. The smallest absolute Gasteiger partial charge is 0.270 e. The van der Waals surface area contributed by atoms with Gasteiger partial charge in [-0.25, -0.2) is 0 Å². The first kappa shape index (κ1) is 14.7. The minimum atomic E-state index is 0.0232. The van der Waals surface area contributed by atoms with Crippen molar-refractivity contribution in [2.75, 3.05) is 6.54 Å². The molecule has 0 N–H and O–H groups in total. The molecule has 2 aromatic heterocycles. The predicted molar refractivity (Wildman–Crippen MR) is 94.3 cm³/mol. The Balaban J connectivity index is 1.74. The fourth-order valence-electron chi connectivity index (χ4n) is 2.56. The van der Waals surface area contributed by atoms with E-state index in [1.807, 2.05) is 36.4 Å². The van der Waals surface area contributed by atoms with Gasteiger partial charge in [0.15, 0.2) is 4.80 Å². The van der Waals surface area contributed by atoms with Crippen molar-refractivity contribution in [3.8, 4) is 11.3 Å². The molecule has 0 aliphatic carbocycles. The molecule has 0 spiro atoms. The van der Waals surface area contributed by atoms with Gasteiger partial charge in [0.25, 0.3) is 5.56 Å². The van der Waals surface area contributed by atoms with Crippen molar-refractivity contribution < 1.29 is 4.42 Å². The molecule has 0 amide bonds. The van der Waals surface area contributed by atoms with Crippen LogP contribution in [0.2, 0.25) is 0 Å². The van der Waals surface area contributed by atoms with Crippen LogP contribution >= 0.6 is 27.3 Å². The average Bonchev–Trinajstić information content (AvgIpc) is 3.15. The van der Waals surface area contributed by atoms with Crippen LogP contribution < -0.4 is 14.9 Å². The fourth-order valence-corrected chi connectivity index (χ4v) is 3.83. The van der Waals surface area contributed by atoms with E-state index in [0.29, 0.717) is 10.3 Å². The van der Waals surface area contributed by atoms with Gasteiger partial charge in [-0.15, -0.1) is 0 Å². The summed E-state index contributed by atoms with van der Waals surface area (Å²) in [5.74, 6) is 1.47. The molecule has 0 atom stereocenters. The van der Waals surface area contributed by atoms with Crippen LogP contribution in [0.25, 0.3) is 17.4 Å². The van der Waals surface area contributed by atoms with E-state index in [1.54, 1.807) is 10.6 Å². The van der Waals surface area contributed by atoms with Gasteiger partial charge in [0.2, 0.25) is 0 Å². The number of aromatic nitrogens is 1. The van der Waals surface area contributed by atoms with Crippen LogP contribution in [0.3, 0.4) is 0 Å². The van der Waals surface area contributed by atoms with E-state index in [2.05, 4.69) is 20.9 Å². The summed E-state index contributed by atoms with van der Waals surface area (Å²) in [6.45, 7) is 1.55. The van der Waals surface area contributed by atoms with Gasteiger partial charge in [0, 0.05) is 29.2 Å². The van der Waals surface area contributed by atoms with Crippen molar-refractivity contribution in [2.45, 2.75) is 13.0 Å². The molecule has 0 fully saturated rings. The zero-order valence-electron chi connectivity index (χ0n) is 12.2.